The summed E-state index contributed by atoms with van der Waals surface area (Å²) in [5, 5.41) is 7.48. The second kappa shape index (κ2) is 4.44. The molecule has 0 unspecified atom stereocenters. The lowest BCUT2D eigenvalue weighted by Gasteiger charge is -2.06. The van der Waals surface area contributed by atoms with Crippen LogP contribution in [-0.4, -0.2) is 0 Å². The summed E-state index contributed by atoms with van der Waals surface area (Å²) in [7, 11) is 0. The first-order valence-electron chi connectivity index (χ1n) is 6.48. The van der Waals surface area contributed by atoms with Crippen LogP contribution in [0.3, 0.4) is 0 Å². The number of rotatable bonds is 0. The molecule has 0 atom stereocenters. The van der Waals surface area contributed by atoms with Crippen LogP contribution in [0.2, 0.25) is 0 Å². The van der Waals surface area contributed by atoms with Crippen LogP contribution >= 0.6 is 25.3 Å². The van der Waals surface area contributed by atoms with E-state index in [1.54, 1.807) is 0 Å². The predicted molar refractivity (Wildman–Crippen MR) is 93.5 cm³/mol. The molecule has 0 nitrogen and oxygen atoms in total. The minimum atomic E-state index is 0.998. The van der Waals surface area contributed by atoms with Gasteiger partial charge in [-0.25, -0.2) is 0 Å². The molecule has 0 aliphatic heterocycles. The van der Waals surface area contributed by atoms with Crippen LogP contribution < -0.4 is 0 Å². The number of fused-ring (bicyclic) bond motifs is 3. The molecule has 0 N–H and O–H groups in total. The zero-order chi connectivity index (χ0) is 13.7. The van der Waals surface area contributed by atoms with E-state index in [1.165, 1.54) is 32.3 Å². The van der Waals surface area contributed by atoms with Gasteiger partial charge in [-0.2, -0.15) is 0 Å². The lowest BCUT2D eigenvalue weighted by Crippen LogP contribution is -1.79. The minimum absolute atomic E-state index is 0.998. The van der Waals surface area contributed by atoms with Gasteiger partial charge in [0.2, 0.25) is 0 Å². The largest absolute Gasteiger partial charge is 0.143 e. The normalized spacial score (nSPS) is 11.5. The molecule has 4 aromatic rings. The summed E-state index contributed by atoms with van der Waals surface area (Å²) in [6.07, 6.45) is 0. The third kappa shape index (κ3) is 1.96. The lowest BCUT2D eigenvalue weighted by atomic mass is 10.00. The Balaban J connectivity index is 2.13. The van der Waals surface area contributed by atoms with Crippen LogP contribution in [0.5, 0.6) is 0 Å². The Morgan fingerprint density at radius 1 is 0.400 bits per heavy atom. The van der Waals surface area contributed by atoms with Crippen LogP contribution in [-0.2, 0) is 0 Å². The molecule has 0 radical (unpaired) electrons. The highest BCUT2D eigenvalue weighted by molar-refractivity contribution is 7.80. The first kappa shape index (κ1) is 12.1. The predicted octanol–water partition coefficient (Wildman–Crippen LogP) is 5.72. The summed E-state index contributed by atoms with van der Waals surface area (Å²) in [5.74, 6) is 0. The maximum atomic E-state index is 4.42. The third-order valence-electron chi connectivity index (χ3n) is 3.72. The summed E-state index contributed by atoms with van der Waals surface area (Å²) in [5.41, 5.74) is 0. The number of hydrogen-bond acceptors (Lipinski definition) is 2. The topological polar surface area (TPSA) is 0 Å². The third-order valence-corrected chi connectivity index (χ3v) is 4.27. The fraction of sp³-hybridized carbons (Fsp3) is 0. The minimum Gasteiger partial charge on any atom is -0.143 e. The molecular formula is C18H12S2. The standard InChI is InChI=1S/C18H12S2/c19-17-3-1-11-5-13-8-16-10-18(20)4-2-12(16)6-14(13)7-15(11)9-17/h1-10,19-20H. The summed E-state index contributed by atoms with van der Waals surface area (Å²) in [6.45, 7) is 0. The average Bonchev–Trinajstić information content (AvgIpc) is 2.43. The van der Waals surface area contributed by atoms with Gasteiger partial charge in [-0.05, 0) is 80.8 Å². The molecule has 2 heteroatoms. The molecule has 4 aromatic carbocycles. The zero-order valence-electron chi connectivity index (χ0n) is 10.7. The van der Waals surface area contributed by atoms with Crippen LogP contribution in [0, 0.1) is 0 Å². The maximum absolute atomic E-state index is 4.42. The Labute approximate surface area is 128 Å². The molecule has 0 aliphatic carbocycles. The van der Waals surface area contributed by atoms with Gasteiger partial charge in [-0.15, -0.1) is 25.3 Å². The molecule has 20 heavy (non-hydrogen) atoms. The second-order valence-corrected chi connectivity index (χ2v) is 6.15. The van der Waals surface area contributed by atoms with Gasteiger partial charge in [0.15, 0.2) is 0 Å². The van der Waals surface area contributed by atoms with E-state index in [1.807, 2.05) is 12.1 Å². The van der Waals surface area contributed by atoms with Crippen LogP contribution in [0.25, 0.3) is 32.3 Å². The van der Waals surface area contributed by atoms with Crippen LogP contribution in [0.15, 0.2) is 70.5 Å². The van der Waals surface area contributed by atoms with Gasteiger partial charge in [0.1, 0.15) is 0 Å². The van der Waals surface area contributed by atoms with Crippen molar-refractivity contribution < 1.29 is 0 Å². The Morgan fingerprint density at radius 2 is 0.750 bits per heavy atom. The molecule has 0 saturated carbocycles. The van der Waals surface area contributed by atoms with Crippen molar-refractivity contribution in [3.8, 4) is 0 Å². The Morgan fingerprint density at radius 3 is 1.20 bits per heavy atom. The smallest absolute Gasteiger partial charge is 0.00463 e. The average molecular weight is 292 g/mol. The monoisotopic (exact) mass is 292 g/mol. The molecule has 0 amide bonds. The SMILES string of the molecule is Sc1ccc2cc3cc4cc(S)ccc4cc3cc2c1. The van der Waals surface area contributed by atoms with Crippen molar-refractivity contribution in [2.75, 3.05) is 0 Å². The Bertz CT molecular complexity index is 890. The van der Waals surface area contributed by atoms with E-state index in [-0.39, 0.29) is 0 Å². The van der Waals surface area contributed by atoms with Gasteiger partial charge in [-0.3, -0.25) is 0 Å². The van der Waals surface area contributed by atoms with Crippen LogP contribution in [0.1, 0.15) is 0 Å². The number of hydrogen-bond donors (Lipinski definition) is 2. The molecule has 0 bridgehead atoms. The van der Waals surface area contributed by atoms with Crippen molar-refractivity contribution in [1.82, 2.24) is 0 Å². The summed E-state index contributed by atoms with van der Waals surface area (Å²) < 4.78 is 0. The second-order valence-electron chi connectivity index (χ2n) is 5.11. The molecule has 0 aromatic heterocycles. The van der Waals surface area contributed by atoms with E-state index < -0.39 is 0 Å². The maximum Gasteiger partial charge on any atom is 0.00463 e. The molecular weight excluding hydrogens is 280 g/mol. The van der Waals surface area contributed by atoms with E-state index in [9.17, 15) is 0 Å². The van der Waals surface area contributed by atoms with E-state index >= 15 is 0 Å². The molecule has 0 saturated heterocycles. The van der Waals surface area contributed by atoms with E-state index in [4.69, 9.17) is 0 Å². The van der Waals surface area contributed by atoms with Crippen molar-refractivity contribution >= 4 is 57.6 Å². The first-order valence-corrected chi connectivity index (χ1v) is 7.38. The lowest BCUT2D eigenvalue weighted by molar-refractivity contribution is 1.53. The highest BCUT2D eigenvalue weighted by Gasteiger charge is 2.02. The molecule has 0 spiro atoms. The zero-order valence-corrected chi connectivity index (χ0v) is 12.5. The van der Waals surface area contributed by atoms with E-state index in [0.717, 1.165) is 9.79 Å². The van der Waals surface area contributed by atoms with Crippen molar-refractivity contribution in [3.63, 3.8) is 0 Å². The Kier molecular flexibility index (Phi) is 2.69. The number of benzene rings is 4. The van der Waals surface area contributed by atoms with Gasteiger partial charge in [-0.1, -0.05) is 12.1 Å². The summed E-state index contributed by atoms with van der Waals surface area (Å²) in [6, 6.07) is 21.5. The van der Waals surface area contributed by atoms with Crippen molar-refractivity contribution in [2.24, 2.45) is 0 Å². The van der Waals surface area contributed by atoms with E-state index in [0.29, 0.717) is 0 Å². The summed E-state index contributed by atoms with van der Waals surface area (Å²) >= 11 is 8.83. The molecule has 0 fully saturated rings. The van der Waals surface area contributed by atoms with Gasteiger partial charge in [0.05, 0.1) is 0 Å². The quantitative estimate of drug-likeness (QED) is 0.300. The molecule has 0 aliphatic rings. The highest BCUT2D eigenvalue weighted by atomic mass is 32.1. The Hall–Kier alpha value is -1.64. The van der Waals surface area contributed by atoms with Crippen molar-refractivity contribution in [3.05, 3.63) is 60.7 Å². The van der Waals surface area contributed by atoms with Gasteiger partial charge >= 0.3 is 0 Å². The summed E-state index contributed by atoms with van der Waals surface area (Å²) in [4.78, 5) is 2.00. The first-order chi connectivity index (χ1) is 9.69. The van der Waals surface area contributed by atoms with Gasteiger partial charge in [0.25, 0.3) is 0 Å². The highest BCUT2D eigenvalue weighted by Crippen LogP contribution is 2.29. The van der Waals surface area contributed by atoms with Gasteiger partial charge in [0, 0.05) is 9.79 Å². The fourth-order valence-corrected chi connectivity index (χ4v) is 3.15. The molecule has 96 valence electrons. The van der Waals surface area contributed by atoms with E-state index in [2.05, 4.69) is 73.8 Å². The van der Waals surface area contributed by atoms with Crippen molar-refractivity contribution in [2.45, 2.75) is 9.79 Å². The van der Waals surface area contributed by atoms with Gasteiger partial charge < -0.3 is 0 Å². The number of thiol groups is 2. The fourth-order valence-electron chi connectivity index (χ4n) is 2.72. The molecule has 4 rings (SSSR count). The van der Waals surface area contributed by atoms with Crippen molar-refractivity contribution in [1.29, 1.82) is 0 Å². The molecule has 0 heterocycles. The van der Waals surface area contributed by atoms with Crippen LogP contribution in [0.4, 0.5) is 0 Å².